The number of nitrogens with zero attached hydrogens (tertiary/aromatic N) is 1. The Kier molecular flexibility index (Phi) is 2.18. The summed E-state index contributed by atoms with van der Waals surface area (Å²) in [6.45, 7) is 0. The van der Waals surface area contributed by atoms with Crippen LogP contribution in [0.15, 0.2) is 18.3 Å². The number of anilines is 1. The number of rotatable bonds is 1. The minimum absolute atomic E-state index is 0.178. The zero-order valence-corrected chi connectivity index (χ0v) is 5.89. The highest BCUT2D eigenvalue weighted by molar-refractivity contribution is 5.42. The van der Waals surface area contributed by atoms with Crippen molar-refractivity contribution in [2.45, 2.75) is 6.18 Å². The third-order valence-corrected chi connectivity index (χ3v) is 1.22. The fourth-order valence-corrected chi connectivity index (χ4v) is 0.675. The summed E-state index contributed by atoms with van der Waals surface area (Å²) in [6.07, 6.45) is -3.38. The van der Waals surface area contributed by atoms with E-state index in [-0.39, 0.29) is 5.69 Å². The molecule has 66 valence electrons. The predicted octanol–water partition coefficient (Wildman–Crippen LogP) is 1.39. The third-order valence-electron chi connectivity index (χ3n) is 1.22. The van der Waals surface area contributed by atoms with Gasteiger partial charge >= 0.3 is 6.18 Å². The van der Waals surface area contributed by atoms with Crippen molar-refractivity contribution in [3.63, 3.8) is 0 Å². The van der Waals surface area contributed by atoms with E-state index in [1.807, 2.05) is 0 Å². The molecule has 0 spiro atoms. The molecule has 1 heterocycles. The monoisotopic (exact) mass is 177 g/mol. The van der Waals surface area contributed by atoms with Crippen molar-refractivity contribution in [1.29, 1.82) is 0 Å². The third kappa shape index (κ3) is 1.85. The summed E-state index contributed by atoms with van der Waals surface area (Å²) >= 11 is 0. The summed E-state index contributed by atoms with van der Waals surface area (Å²) in [7, 11) is 0. The van der Waals surface area contributed by atoms with Crippen LogP contribution in [0.2, 0.25) is 0 Å². The highest BCUT2D eigenvalue weighted by atomic mass is 19.4. The molecule has 0 bridgehead atoms. The number of halogens is 3. The largest absolute Gasteiger partial charge is 0.433 e. The van der Waals surface area contributed by atoms with Crippen molar-refractivity contribution in [1.82, 2.24) is 4.98 Å². The van der Waals surface area contributed by atoms with Crippen LogP contribution in [-0.2, 0) is 6.18 Å². The van der Waals surface area contributed by atoms with Crippen molar-refractivity contribution in [2.24, 2.45) is 5.84 Å². The number of nitrogens with two attached hydrogens (primary N) is 1. The summed E-state index contributed by atoms with van der Waals surface area (Å²) in [5.74, 6) is 4.92. The van der Waals surface area contributed by atoms with Gasteiger partial charge in [-0.3, -0.25) is 10.8 Å². The van der Waals surface area contributed by atoms with Gasteiger partial charge in [0.15, 0.2) is 0 Å². The van der Waals surface area contributed by atoms with E-state index in [0.29, 0.717) is 0 Å². The van der Waals surface area contributed by atoms with Crippen LogP contribution in [0.25, 0.3) is 0 Å². The number of alkyl halides is 3. The molecule has 12 heavy (non-hydrogen) atoms. The zero-order chi connectivity index (χ0) is 9.19. The second kappa shape index (κ2) is 2.98. The summed E-state index contributed by atoms with van der Waals surface area (Å²) < 4.78 is 35.9. The molecule has 6 heteroatoms. The van der Waals surface area contributed by atoms with Gasteiger partial charge in [-0.05, 0) is 12.1 Å². The average molecular weight is 177 g/mol. The van der Waals surface area contributed by atoms with Crippen LogP contribution in [0.3, 0.4) is 0 Å². The molecule has 0 saturated carbocycles. The molecule has 0 saturated heterocycles. The van der Waals surface area contributed by atoms with Crippen LogP contribution in [0.1, 0.15) is 5.69 Å². The smallest absolute Gasteiger partial charge is 0.324 e. The van der Waals surface area contributed by atoms with Gasteiger partial charge in [-0.25, -0.2) is 0 Å². The van der Waals surface area contributed by atoms with Gasteiger partial charge in [-0.2, -0.15) is 13.2 Å². The number of pyridine rings is 1. The fourth-order valence-electron chi connectivity index (χ4n) is 0.675. The molecule has 0 aliphatic carbocycles. The van der Waals surface area contributed by atoms with E-state index in [4.69, 9.17) is 5.84 Å². The molecule has 0 aliphatic heterocycles. The molecule has 1 rings (SSSR count). The Hall–Kier alpha value is -1.30. The summed E-state index contributed by atoms with van der Waals surface area (Å²) in [4.78, 5) is 3.14. The Morgan fingerprint density at radius 1 is 1.42 bits per heavy atom. The molecule has 0 atom stereocenters. The van der Waals surface area contributed by atoms with Gasteiger partial charge in [0.2, 0.25) is 0 Å². The van der Waals surface area contributed by atoms with Gasteiger partial charge in [0.25, 0.3) is 0 Å². The molecule has 0 fully saturated rings. The maximum Gasteiger partial charge on any atom is 0.433 e. The molecule has 3 N–H and O–H groups in total. The fraction of sp³-hybridized carbons (Fsp3) is 0.167. The zero-order valence-electron chi connectivity index (χ0n) is 5.89. The number of nitrogens with one attached hydrogen (secondary N) is 1. The van der Waals surface area contributed by atoms with Crippen molar-refractivity contribution >= 4 is 5.69 Å². The number of hydrogen-bond donors (Lipinski definition) is 2. The molecule has 0 aromatic carbocycles. The number of hydrazine groups is 1. The van der Waals surface area contributed by atoms with E-state index in [0.717, 1.165) is 12.3 Å². The van der Waals surface area contributed by atoms with Gasteiger partial charge < -0.3 is 5.43 Å². The van der Waals surface area contributed by atoms with E-state index in [9.17, 15) is 13.2 Å². The minimum Gasteiger partial charge on any atom is -0.324 e. The first-order chi connectivity index (χ1) is 5.54. The SMILES string of the molecule is NNc1ccnc(C(F)(F)F)c1. The minimum atomic E-state index is -4.42. The first-order valence-electron chi connectivity index (χ1n) is 3.04. The van der Waals surface area contributed by atoms with Crippen LogP contribution in [0, 0.1) is 0 Å². The van der Waals surface area contributed by atoms with E-state index in [1.165, 1.54) is 6.07 Å². The van der Waals surface area contributed by atoms with Crippen LogP contribution in [0.5, 0.6) is 0 Å². The van der Waals surface area contributed by atoms with E-state index >= 15 is 0 Å². The summed E-state index contributed by atoms with van der Waals surface area (Å²) in [5.41, 5.74) is 1.32. The Bertz CT molecular complexity index is 271. The molecule has 0 unspecified atom stereocenters. The lowest BCUT2D eigenvalue weighted by molar-refractivity contribution is -0.141. The lowest BCUT2D eigenvalue weighted by atomic mass is 10.3. The lowest BCUT2D eigenvalue weighted by Crippen LogP contribution is -2.11. The van der Waals surface area contributed by atoms with Crippen molar-refractivity contribution in [3.05, 3.63) is 24.0 Å². The molecule has 1 aromatic rings. The van der Waals surface area contributed by atoms with E-state index < -0.39 is 11.9 Å². The number of aromatic nitrogens is 1. The maximum absolute atomic E-state index is 12.0. The van der Waals surface area contributed by atoms with E-state index in [2.05, 4.69) is 10.4 Å². The van der Waals surface area contributed by atoms with Gasteiger partial charge in [-0.15, -0.1) is 0 Å². The summed E-state index contributed by atoms with van der Waals surface area (Å²) in [5, 5.41) is 0. The maximum atomic E-state index is 12.0. The topological polar surface area (TPSA) is 50.9 Å². The predicted molar refractivity (Wildman–Crippen MR) is 37.0 cm³/mol. The van der Waals surface area contributed by atoms with Gasteiger partial charge in [0.1, 0.15) is 5.69 Å². The highest BCUT2D eigenvalue weighted by Gasteiger charge is 2.32. The van der Waals surface area contributed by atoms with Crippen LogP contribution >= 0.6 is 0 Å². The summed E-state index contributed by atoms with van der Waals surface area (Å²) in [6, 6.07) is 2.18. The quantitative estimate of drug-likeness (QED) is 0.503. The average Bonchev–Trinajstić information content (AvgIpc) is 2.03. The lowest BCUT2D eigenvalue weighted by Gasteiger charge is -2.06. The molecule has 0 aliphatic rings. The van der Waals surface area contributed by atoms with Gasteiger partial charge in [0.05, 0.1) is 5.69 Å². The molecule has 0 radical (unpaired) electrons. The Labute approximate surface area is 66.4 Å². The number of hydrogen-bond acceptors (Lipinski definition) is 3. The van der Waals surface area contributed by atoms with Crippen LogP contribution in [-0.4, -0.2) is 4.98 Å². The van der Waals surface area contributed by atoms with Crippen LogP contribution < -0.4 is 11.3 Å². The standard InChI is InChI=1S/C6H6F3N3/c7-6(8,9)5-3-4(12-10)1-2-11-5/h1-3H,10H2,(H,11,12). The second-order valence-corrected chi connectivity index (χ2v) is 2.07. The van der Waals surface area contributed by atoms with Crippen molar-refractivity contribution in [2.75, 3.05) is 5.43 Å². The highest BCUT2D eigenvalue weighted by Crippen LogP contribution is 2.28. The Balaban J connectivity index is 3.02. The first-order valence-corrected chi connectivity index (χ1v) is 3.04. The normalized spacial score (nSPS) is 11.3. The van der Waals surface area contributed by atoms with Gasteiger partial charge in [-0.1, -0.05) is 0 Å². The van der Waals surface area contributed by atoms with Crippen molar-refractivity contribution in [3.8, 4) is 0 Å². The van der Waals surface area contributed by atoms with Gasteiger partial charge in [0, 0.05) is 6.20 Å². The Morgan fingerprint density at radius 3 is 2.58 bits per heavy atom. The van der Waals surface area contributed by atoms with E-state index in [1.54, 1.807) is 0 Å². The molecular formula is C6H6F3N3. The Morgan fingerprint density at radius 2 is 2.08 bits per heavy atom. The molecule has 0 amide bonds. The van der Waals surface area contributed by atoms with Crippen molar-refractivity contribution < 1.29 is 13.2 Å². The number of nitrogen functional groups attached to an aromatic ring is 1. The second-order valence-electron chi connectivity index (χ2n) is 2.07. The molecule has 3 nitrogen and oxygen atoms in total. The first kappa shape index (κ1) is 8.79. The van der Waals surface area contributed by atoms with Crippen LogP contribution in [0.4, 0.5) is 18.9 Å². The molecule has 1 aromatic heterocycles. The molecular weight excluding hydrogens is 171 g/mol.